The van der Waals surface area contributed by atoms with Gasteiger partial charge in [-0.1, -0.05) is 6.92 Å². The highest BCUT2D eigenvalue weighted by Crippen LogP contribution is 2.33. The SMILES string of the molecule is CCN1CCN(c2c(F)cc3c(=O)c(C(=O)O)c4sccn4c3c2C=NC)CC1. The molecule has 2 aromatic heterocycles. The molecule has 1 N–H and O–H groups in total. The Morgan fingerprint density at radius 2 is 2.07 bits per heavy atom. The maximum atomic E-state index is 15.3. The summed E-state index contributed by atoms with van der Waals surface area (Å²) in [5.41, 5.74) is 0.366. The second-order valence-corrected chi connectivity index (χ2v) is 7.81. The van der Waals surface area contributed by atoms with Crippen LogP contribution in [0.2, 0.25) is 0 Å². The van der Waals surface area contributed by atoms with Crippen LogP contribution in [0.25, 0.3) is 15.7 Å². The highest BCUT2D eigenvalue weighted by Gasteiger charge is 2.27. The number of likely N-dealkylation sites (N-methyl/N-ethyl adjacent to an activating group) is 1. The minimum absolute atomic E-state index is 0.0432. The van der Waals surface area contributed by atoms with Gasteiger partial charge in [-0.25, -0.2) is 9.18 Å². The molecule has 3 aromatic rings. The predicted octanol–water partition coefficient (Wildman–Crippen LogP) is 2.54. The fraction of sp³-hybridized carbons (Fsp3) is 0.350. The lowest BCUT2D eigenvalue weighted by Gasteiger charge is -2.36. The second-order valence-electron chi connectivity index (χ2n) is 6.91. The van der Waals surface area contributed by atoms with Gasteiger partial charge in [0.1, 0.15) is 16.2 Å². The number of carboxylic acids is 1. The number of aromatic carboxylic acids is 1. The summed E-state index contributed by atoms with van der Waals surface area (Å²) in [5.74, 6) is -1.86. The molecular weight excluding hydrogens is 395 g/mol. The van der Waals surface area contributed by atoms with Gasteiger partial charge < -0.3 is 19.3 Å². The van der Waals surface area contributed by atoms with Gasteiger partial charge in [0.05, 0.1) is 16.6 Å². The summed E-state index contributed by atoms with van der Waals surface area (Å²) in [6.45, 7) is 6.01. The lowest BCUT2D eigenvalue weighted by molar-refractivity contribution is 0.0697. The quantitative estimate of drug-likeness (QED) is 0.662. The Labute approximate surface area is 170 Å². The van der Waals surface area contributed by atoms with Crippen LogP contribution < -0.4 is 10.3 Å². The zero-order chi connectivity index (χ0) is 20.7. The van der Waals surface area contributed by atoms with Crippen LogP contribution in [0.1, 0.15) is 22.8 Å². The van der Waals surface area contributed by atoms with Crippen LogP contribution in [0.4, 0.5) is 10.1 Å². The summed E-state index contributed by atoms with van der Waals surface area (Å²) >= 11 is 1.17. The summed E-state index contributed by atoms with van der Waals surface area (Å²) in [7, 11) is 1.59. The van der Waals surface area contributed by atoms with E-state index in [2.05, 4.69) is 16.8 Å². The van der Waals surface area contributed by atoms with E-state index in [4.69, 9.17) is 0 Å². The molecule has 0 atom stereocenters. The molecule has 0 saturated carbocycles. The highest BCUT2D eigenvalue weighted by atomic mass is 32.1. The number of anilines is 1. The van der Waals surface area contributed by atoms with Crippen LogP contribution in [0.3, 0.4) is 0 Å². The van der Waals surface area contributed by atoms with E-state index >= 15 is 4.39 Å². The van der Waals surface area contributed by atoms with Gasteiger partial charge in [-0.05, 0) is 12.6 Å². The van der Waals surface area contributed by atoms with Crippen molar-refractivity contribution in [2.45, 2.75) is 6.92 Å². The lowest BCUT2D eigenvalue weighted by Crippen LogP contribution is -2.46. The van der Waals surface area contributed by atoms with Crippen molar-refractivity contribution < 1.29 is 14.3 Å². The number of carbonyl (C=O) groups is 1. The van der Waals surface area contributed by atoms with Crippen molar-refractivity contribution in [3.05, 3.63) is 44.8 Å². The van der Waals surface area contributed by atoms with Crippen molar-refractivity contribution in [3.8, 4) is 0 Å². The lowest BCUT2D eigenvalue weighted by atomic mass is 10.0. The molecule has 0 bridgehead atoms. The van der Waals surface area contributed by atoms with Crippen LogP contribution in [0.15, 0.2) is 27.4 Å². The van der Waals surface area contributed by atoms with Crippen LogP contribution in [-0.4, -0.2) is 66.4 Å². The molecule has 152 valence electrons. The normalized spacial score (nSPS) is 15.8. The number of pyridine rings is 1. The Hall–Kier alpha value is -2.78. The van der Waals surface area contributed by atoms with E-state index in [-0.39, 0.29) is 10.9 Å². The second kappa shape index (κ2) is 7.57. The molecule has 0 aliphatic carbocycles. The number of aromatic nitrogens is 1. The Bertz CT molecular complexity index is 1190. The predicted molar refractivity (Wildman–Crippen MR) is 114 cm³/mol. The summed E-state index contributed by atoms with van der Waals surface area (Å²) in [4.78, 5) is 33.4. The van der Waals surface area contributed by atoms with Crippen molar-refractivity contribution in [2.24, 2.45) is 4.99 Å². The van der Waals surface area contributed by atoms with E-state index in [1.165, 1.54) is 17.4 Å². The zero-order valence-corrected chi connectivity index (χ0v) is 17.0. The maximum absolute atomic E-state index is 15.3. The van der Waals surface area contributed by atoms with Crippen molar-refractivity contribution >= 4 is 44.9 Å². The minimum atomic E-state index is -1.32. The molecule has 3 heterocycles. The third kappa shape index (κ3) is 3.10. The molecule has 0 spiro atoms. The number of hydrogen-bond acceptors (Lipinski definition) is 6. The van der Waals surface area contributed by atoms with Gasteiger partial charge >= 0.3 is 5.97 Å². The Morgan fingerprint density at radius 3 is 2.69 bits per heavy atom. The van der Waals surface area contributed by atoms with Crippen molar-refractivity contribution in [2.75, 3.05) is 44.7 Å². The first-order chi connectivity index (χ1) is 14.0. The van der Waals surface area contributed by atoms with Crippen molar-refractivity contribution in [1.29, 1.82) is 0 Å². The van der Waals surface area contributed by atoms with Gasteiger partial charge in [0.15, 0.2) is 0 Å². The minimum Gasteiger partial charge on any atom is -0.477 e. The average molecular weight is 416 g/mol. The van der Waals surface area contributed by atoms with E-state index in [0.717, 1.165) is 19.6 Å². The number of halogens is 1. The van der Waals surface area contributed by atoms with Crippen LogP contribution in [0.5, 0.6) is 0 Å². The fourth-order valence-electron chi connectivity index (χ4n) is 4.00. The number of thiazole rings is 1. The molecule has 1 aliphatic rings. The molecule has 7 nitrogen and oxygen atoms in total. The Balaban J connectivity index is 2.06. The fourth-order valence-corrected chi connectivity index (χ4v) is 4.87. The molecular formula is C20H21FN4O3S. The molecule has 1 fully saturated rings. The third-order valence-electron chi connectivity index (χ3n) is 5.41. The van der Waals surface area contributed by atoms with Crippen molar-refractivity contribution in [1.82, 2.24) is 9.30 Å². The van der Waals surface area contributed by atoms with E-state index < -0.39 is 17.2 Å². The summed E-state index contributed by atoms with van der Waals surface area (Å²) in [6, 6.07) is 1.17. The number of nitrogens with zero attached hydrogens (tertiary/aromatic N) is 4. The van der Waals surface area contributed by atoms with E-state index in [1.807, 2.05) is 4.90 Å². The maximum Gasteiger partial charge on any atom is 0.342 e. The number of piperazine rings is 1. The van der Waals surface area contributed by atoms with Gasteiger partial charge in [-0.15, -0.1) is 11.3 Å². The molecule has 0 amide bonds. The smallest absolute Gasteiger partial charge is 0.342 e. The van der Waals surface area contributed by atoms with Gasteiger partial charge in [-0.3, -0.25) is 9.79 Å². The topological polar surface area (TPSA) is 77.6 Å². The monoisotopic (exact) mass is 416 g/mol. The summed E-state index contributed by atoms with van der Waals surface area (Å²) < 4.78 is 17.0. The number of fused-ring (bicyclic) bond motifs is 3. The highest BCUT2D eigenvalue weighted by molar-refractivity contribution is 7.16. The zero-order valence-electron chi connectivity index (χ0n) is 16.2. The number of carboxylic acid groups (broad SMARTS) is 1. The standard InChI is InChI=1S/C20H21FN4O3S/c1-3-23-4-6-24(7-5-23)17-13(11-22-2)16-12(10-14(17)21)18(26)15(20(27)28)19-25(16)8-9-29-19/h8-11H,3-7H2,1-2H3,(H,27,28). The number of hydrogen-bond donors (Lipinski definition) is 1. The molecule has 0 unspecified atom stereocenters. The molecule has 1 aliphatic heterocycles. The number of aliphatic imine (C=N–C) groups is 1. The van der Waals surface area contributed by atoms with Crippen LogP contribution in [-0.2, 0) is 0 Å². The Morgan fingerprint density at radius 1 is 1.34 bits per heavy atom. The first-order valence-electron chi connectivity index (χ1n) is 9.38. The first-order valence-corrected chi connectivity index (χ1v) is 10.3. The molecule has 1 aromatic carbocycles. The van der Waals surface area contributed by atoms with Crippen molar-refractivity contribution in [3.63, 3.8) is 0 Å². The van der Waals surface area contributed by atoms with E-state index in [9.17, 15) is 14.7 Å². The number of rotatable bonds is 4. The number of benzene rings is 1. The Kier molecular flexibility index (Phi) is 5.10. The molecule has 1 saturated heterocycles. The van der Waals surface area contributed by atoms with Crippen LogP contribution >= 0.6 is 11.3 Å². The van der Waals surface area contributed by atoms with E-state index in [0.29, 0.717) is 34.7 Å². The van der Waals surface area contributed by atoms with Gasteiger partial charge in [-0.2, -0.15) is 0 Å². The molecule has 0 radical (unpaired) electrons. The molecule has 29 heavy (non-hydrogen) atoms. The first kappa shape index (κ1) is 19.5. The molecule has 4 rings (SSSR count). The van der Waals surface area contributed by atoms with Gasteiger partial charge in [0, 0.05) is 56.6 Å². The average Bonchev–Trinajstić information content (AvgIpc) is 3.17. The molecule has 9 heteroatoms. The van der Waals surface area contributed by atoms with Gasteiger partial charge in [0.25, 0.3) is 0 Å². The van der Waals surface area contributed by atoms with E-state index in [1.54, 1.807) is 29.2 Å². The summed E-state index contributed by atoms with van der Waals surface area (Å²) in [5, 5.41) is 11.3. The third-order valence-corrected chi connectivity index (χ3v) is 6.29. The van der Waals surface area contributed by atoms with Gasteiger partial charge in [0.2, 0.25) is 5.43 Å². The van der Waals surface area contributed by atoms with Crippen LogP contribution in [0, 0.1) is 5.82 Å². The summed E-state index contributed by atoms with van der Waals surface area (Å²) in [6.07, 6.45) is 3.26. The largest absolute Gasteiger partial charge is 0.477 e.